The van der Waals surface area contributed by atoms with E-state index in [-0.39, 0.29) is 5.24 Å². The van der Waals surface area contributed by atoms with Crippen molar-refractivity contribution in [3.8, 4) is 0 Å². The zero-order valence-electron chi connectivity index (χ0n) is 11.7. The van der Waals surface area contributed by atoms with Crippen LogP contribution in [0, 0.1) is 0 Å². The Balaban J connectivity index is 1.67. The van der Waals surface area contributed by atoms with Crippen molar-refractivity contribution in [3.63, 3.8) is 0 Å². The van der Waals surface area contributed by atoms with E-state index >= 15 is 0 Å². The number of carbonyl (C=O) groups is 1. The maximum absolute atomic E-state index is 11.2. The number of aromatic nitrogens is 2. The van der Waals surface area contributed by atoms with Gasteiger partial charge in [-0.2, -0.15) is 0 Å². The van der Waals surface area contributed by atoms with Crippen LogP contribution in [0.25, 0.3) is 6.08 Å². The Morgan fingerprint density at radius 2 is 2.32 bits per heavy atom. The molecule has 1 amide bonds. The van der Waals surface area contributed by atoms with Crippen molar-refractivity contribution in [1.82, 2.24) is 15.3 Å². The number of hydrogen-bond donors (Lipinski definition) is 3. The first-order valence-electron chi connectivity index (χ1n) is 6.77. The predicted octanol–water partition coefficient (Wildman–Crippen LogP) is 2.47. The van der Waals surface area contributed by atoms with Crippen LogP contribution in [0.3, 0.4) is 0 Å². The monoisotopic (exact) mass is 313 g/mol. The molecule has 2 aromatic rings. The van der Waals surface area contributed by atoms with Crippen LogP contribution in [0.4, 0.5) is 16.4 Å². The molecule has 7 heteroatoms. The highest BCUT2D eigenvalue weighted by atomic mass is 32.2. The van der Waals surface area contributed by atoms with Gasteiger partial charge in [-0.1, -0.05) is 12.1 Å². The second kappa shape index (κ2) is 6.48. The lowest BCUT2D eigenvalue weighted by Crippen LogP contribution is -2.09. The third-order valence-electron chi connectivity index (χ3n) is 3.02. The lowest BCUT2D eigenvalue weighted by Gasteiger charge is -2.06. The highest BCUT2D eigenvalue weighted by molar-refractivity contribution is 8.17. The van der Waals surface area contributed by atoms with Crippen molar-refractivity contribution in [2.75, 3.05) is 17.6 Å². The standard InChI is InChI=1S/C15H15N5OS/c16-11-3-1-2-10(6-11)8-18-14-17-5-4-12(20-14)7-13-9-19-15(21)22-13/h1-7H,8-9,16H2,(H,19,21)(H,17,18,20). The van der Waals surface area contributed by atoms with Gasteiger partial charge in [-0.05, 0) is 41.6 Å². The van der Waals surface area contributed by atoms with E-state index in [1.807, 2.05) is 36.4 Å². The molecular weight excluding hydrogens is 298 g/mol. The van der Waals surface area contributed by atoms with Gasteiger partial charge >= 0.3 is 0 Å². The number of anilines is 2. The Morgan fingerprint density at radius 3 is 3.09 bits per heavy atom. The number of thioether (sulfide) groups is 1. The Morgan fingerprint density at radius 1 is 1.41 bits per heavy atom. The number of nitrogen functional groups attached to an aromatic ring is 1. The molecule has 1 aromatic carbocycles. The highest BCUT2D eigenvalue weighted by Crippen LogP contribution is 2.23. The lowest BCUT2D eigenvalue weighted by molar-refractivity contribution is 0.262. The molecule has 22 heavy (non-hydrogen) atoms. The summed E-state index contributed by atoms with van der Waals surface area (Å²) in [7, 11) is 0. The zero-order chi connectivity index (χ0) is 15.4. The van der Waals surface area contributed by atoms with E-state index < -0.39 is 0 Å². The first-order valence-corrected chi connectivity index (χ1v) is 7.58. The van der Waals surface area contributed by atoms with Crippen LogP contribution >= 0.6 is 11.8 Å². The molecule has 1 saturated heterocycles. The molecular formula is C15H15N5OS. The summed E-state index contributed by atoms with van der Waals surface area (Å²) in [6.45, 7) is 1.15. The molecule has 2 heterocycles. The van der Waals surface area contributed by atoms with Crippen molar-refractivity contribution in [1.29, 1.82) is 0 Å². The summed E-state index contributed by atoms with van der Waals surface area (Å²) in [5.74, 6) is 0.541. The van der Waals surface area contributed by atoms with Crippen molar-refractivity contribution in [2.24, 2.45) is 0 Å². The van der Waals surface area contributed by atoms with E-state index in [2.05, 4.69) is 20.6 Å². The maximum atomic E-state index is 11.2. The molecule has 1 aliphatic rings. The zero-order valence-corrected chi connectivity index (χ0v) is 12.6. The molecule has 0 atom stereocenters. The molecule has 0 aliphatic carbocycles. The first kappa shape index (κ1) is 14.4. The third-order valence-corrected chi connectivity index (χ3v) is 3.87. The molecule has 3 rings (SSSR count). The summed E-state index contributed by atoms with van der Waals surface area (Å²) in [6.07, 6.45) is 3.58. The lowest BCUT2D eigenvalue weighted by atomic mass is 10.2. The molecule has 0 bridgehead atoms. The van der Waals surface area contributed by atoms with E-state index in [4.69, 9.17) is 5.73 Å². The van der Waals surface area contributed by atoms with Gasteiger partial charge in [0.1, 0.15) is 0 Å². The average Bonchev–Trinajstić information content (AvgIpc) is 2.91. The molecule has 0 unspecified atom stereocenters. The Bertz CT molecular complexity index is 731. The molecule has 1 fully saturated rings. The van der Waals surface area contributed by atoms with E-state index in [0.29, 0.717) is 19.0 Å². The summed E-state index contributed by atoms with van der Waals surface area (Å²) >= 11 is 1.19. The van der Waals surface area contributed by atoms with Crippen LogP contribution in [-0.4, -0.2) is 21.8 Å². The van der Waals surface area contributed by atoms with Crippen LogP contribution in [0.15, 0.2) is 41.4 Å². The van der Waals surface area contributed by atoms with Gasteiger partial charge in [0.15, 0.2) is 0 Å². The summed E-state index contributed by atoms with van der Waals surface area (Å²) in [4.78, 5) is 20.7. The van der Waals surface area contributed by atoms with Crippen molar-refractivity contribution < 1.29 is 4.79 Å². The molecule has 0 spiro atoms. The van der Waals surface area contributed by atoms with Gasteiger partial charge in [-0.3, -0.25) is 4.79 Å². The summed E-state index contributed by atoms with van der Waals surface area (Å²) in [5, 5.41) is 5.88. The molecule has 0 radical (unpaired) electrons. The Hall–Kier alpha value is -2.54. The number of rotatable bonds is 4. The summed E-state index contributed by atoms with van der Waals surface area (Å²) < 4.78 is 0. The van der Waals surface area contributed by atoms with Gasteiger partial charge in [0.25, 0.3) is 5.24 Å². The van der Waals surface area contributed by atoms with Gasteiger partial charge in [0.2, 0.25) is 5.95 Å². The summed E-state index contributed by atoms with van der Waals surface area (Å²) in [5.41, 5.74) is 8.31. The SMILES string of the molecule is Nc1cccc(CNc2nccc(C=C3CNC(=O)S3)n2)c1. The normalized spacial score (nSPS) is 15.8. The van der Waals surface area contributed by atoms with Gasteiger partial charge < -0.3 is 16.4 Å². The number of hydrogen-bond acceptors (Lipinski definition) is 6. The number of nitrogens with zero attached hydrogens (tertiary/aromatic N) is 2. The van der Waals surface area contributed by atoms with Gasteiger partial charge in [-0.25, -0.2) is 9.97 Å². The van der Waals surface area contributed by atoms with Crippen molar-refractivity contribution in [2.45, 2.75) is 6.54 Å². The average molecular weight is 313 g/mol. The van der Waals surface area contributed by atoms with E-state index in [0.717, 1.165) is 21.8 Å². The van der Waals surface area contributed by atoms with Crippen LogP contribution in [0.1, 0.15) is 11.3 Å². The maximum Gasteiger partial charge on any atom is 0.283 e. The fourth-order valence-corrected chi connectivity index (χ4v) is 2.72. The molecule has 6 nitrogen and oxygen atoms in total. The number of amides is 1. The van der Waals surface area contributed by atoms with Crippen LogP contribution in [-0.2, 0) is 6.54 Å². The second-order valence-electron chi connectivity index (χ2n) is 4.76. The van der Waals surface area contributed by atoms with Gasteiger partial charge in [-0.15, -0.1) is 0 Å². The fraction of sp³-hybridized carbons (Fsp3) is 0.133. The molecule has 1 aromatic heterocycles. The Kier molecular flexibility index (Phi) is 4.24. The van der Waals surface area contributed by atoms with Crippen LogP contribution in [0.5, 0.6) is 0 Å². The van der Waals surface area contributed by atoms with E-state index in [1.54, 1.807) is 6.20 Å². The number of benzene rings is 1. The van der Waals surface area contributed by atoms with Gasteiger partial charge in [0.05, 0.1) is 12.2 Å². The van der Waals surface area contributed by atoms with Crippen LogP contribution < -0.4 is 16.4 Å². The van der Waals surface area contributed by atoms with E-state index in [9.17, 15) is 4.79 Å². The quantitative estimate of drug-likeness (QED) is 0.751. The minimum Gasteiger partial charge on any atom is -0.399 e. The van der Waals surface area contributed by atoms with E-state index in [1.165, 1.54) is 11.8 Å². The number of nitrogens with two attached hydrogens (primary N) is 1. The molecule has 112 valence electrons. The first-order chi connectivity index (χ1) is 10.7. The van der Waals surface area contributed by atoms with Crippen molar-refractivity contribution in [3.05, 3.63) is 52.7 Å². The van der Waals surface area contributed by atoms with Gasteiger partial charge in [0, 0.05) is 23.3 Å². The Labute approximate surface area is 132 Å². The number of nitrogens with one attached hydrogen (secondary N) is 2. The largest absolute Gasteiger partial charge is 0.399 e. The highest BCUT2D eigenvalue weighted by Gasteiger charge is 2.15. The second-order valence-corrected chi connectivity index (χ2v) is 5.86. The van der Waals surface area contributed by atoms with Crippen molar-refractivity contribution >= 4 is 34.7 Å². The third kappa shape index (κ3) is 3.76. The fourth-order valence-electron chi connectivity index (χ4n) is 2.02. The molecule has 4 N–H and O–H groups in total. The smallest absolute Gasteiger partial charge is 0.283 e. The molecule has 0 saturated carbocycles. The van der Waals surface area contributed by atoms with Crippen LogP contribution in [0.2, 0.25) is 0 Å². The minimum absolute atomic E-state index is 0.0275. The molecule has 1 aliphatic heterocycles. The number of carbonyl (C=O) groups excluding carboxylic acids is 1. The predicted molar refractivity (Wildman–Crippen MR) is 89.2 cm³/mol. The minimum atomic E-state index is -0.0275. The topological polar surface area (TPSA) is 92.9 Å². The summed E-state index contributed by atoms with van der Waals surface area (Å²) in [6, 6.07) is 9.46.